The van der Waals surface area contributed by atoms with E-state index >= 15 is 0 Å². The molecule has 1 aliphatic rings. The molecule has 1 unspecified atom stereocenters. The molecular formula is C24H21N3O3. The minimum absolute atomic E-state index is 0.00355. The van der Waals surface area contributed by atoms with Crippen LogP contribution in [-0.2, 0) is 6.42 Å². The second-order valence-electron chi connectivity index (χ2n) is 7.32. The van der Waals surface area contributed by atoms with Crippen LogP contribution in [0.5, 0.6) is 5.75 Å². The van der Waals surface area contributed by atoms with Gasteiger partial charge in [-0.15, -0.1) is 5.10 Å². The van der Waals surface area contributed by atoms with Gasteiger partial charge in [-0.2, -0.15) is 0 Å². The van der Waals surface area contributed by atoms with E-state index in [1.807, 2.05) is 71.4 Å². The quantitative estimate of drug-likeness (QED) is 0.504. The number of aromatic nitrogens is 2. The molecular weight excluding hydrogens is 378 g/mol. The lowest BCUT2D eigenvalue weighted by Crippen LogP contribution is -2.20. The van der Waals surface area contributed by atoms with Gasteiger partial charge >= 0.3 is 0 Å². The third-order valence-corrected chi connectivity index (χ3v) is 5.41. The number of para-hydroxylation sites is 1. The van der Waals surface area contributed by atoms with Crippen molar-refractivity contribution in [3.05, 3.63) is 90.0 Å². The summed E-state index contributed by atoms with van der Waals surface area (Å²) in [6.07, 6.45) is 2.73. The number of ether oxygens (including phenoxy) is 1. The van der Waals surface area contributed by atoms with E-state index in [9.17, 15) is 4.79 Å². The predicted octanol–water partition coefficient (Wildman–Crippen LogP) is 5.13. The molecule has 150 valence electrons. The van der Waals surface area contributed by atoms with Crippen molar-refractivity contribution in [2.24, 2.45) is 0 Å². The van der Waals surface area contributed by atoms with Crippen molar-refractivity contribution in [1.82, 2.24) is 9.78 Å². The second-order valence-corrected chi connectivity index (χ2v) is 7.32. The van der Waals surface area contributed by atoms with Crippen molar-refractivity contribution in [3.63, 3.8) is 0 Å². The first-order valence-electron chi connectivity index (χ1n) is 9.88. The number of hydrogen-bond acceptors (Lipinski definition) is 5. The molecule has 1 atom stereocenters. The number of nitrogens with one attached hydrogen (secondary N) is 1. The Hall–Kier alpha value is -3.80. The molecule has 1 aliphatic carbocycles. The number of anilines is 2. The minimum atomic E-state index is 0.00355. The van der Waals surface area contributed by atoms with Crippen molar-refractivity contribution < 1.29 is 13.9 Å². The first-order valence-corrected chi connectivity index (χ1v) is 9.88. The van der Waals surface area contributed by atoms with Crippen LogP contribution >= 0.6 is 0 Å². The van der Waals surface area contributed by atoms with Gasteiger partial charge in [-0.05, 0) is 36.4 Å². The lowest BCUT2D eigenvalue weighted by molar-refractivity contribution is 0.0960. The molecule has 0 saturated carbocycles. The van der Waals surface area contributed by atoms with E-state index < -0.39 is 0 Å². The molecule has 0 amide bonds. The summed E-state index contributed by atoms with van der Waals surface area (Å²) in [6, 6.07) is 21.3. The number of fused-ring (bicyclic) bond motifs is 1. The first kappa shape index (κ1) is 18.2. The number of hydrogen-bond donors (Lipinski definition) is 1. The maximum Gasteiger partial charge on any atom is 0.169 e. The molecule has 0 radical (unpaired) electrons. The summed E-state index contributed by atoms with van der Waals surface area (Å²) in [5.41, 5.74) is 3.27. The number of carbonyl (C=O) groups is 1. The molecule has 0 aliphatic heterocycles. The van der Waals surface area contributed by atoms with Crippen LogP contribution in [0.4, 0.5) is 11.5 Å². The molecule has 30 heavy (non-hydrogen) atoms. The Kier molecular flexibility index (Phi) is 4.59. The van der Waals surface area contributed by atoms with E-state index in [4.69, 9.17) is 14.3 Å². The fraction of sp³-hybridized carbons (Fsp3) is 0.167. The molecule has 5 rings (SSSR count). The van der Waals surface area contributed by atoms with Crippen LogP contribution in [0.2, 0.25) is 0 Å². The molecule has 6 heteroatoms. The number of ketones is 1. The summed E-state index contributed by atoms with van der Waals surface area (Å²) in [6.45, 7) is 0. The maximum absolute atomic E-state index is 13.2. The molecule has 0 spiro atoms. The van der Waals surface area contributed by atoms with Gasteiger partial charge in [0.2, 0.25) is 0 Å². The standard InChI is InChI=1S/C24H21N3O3/c1-29-19-10-5-7-17(15-19)25-24-23-20(27(26-24)18-8-3-2-4-9-18)13-16(14-21(23)28)22-11-6-12-30-22/h2-12,15-16H,13-14H2,1H3,(H,25,26). The normalized spacial score (nSPS) is 15.6. The number of carbonyl (C=O) groups excluding carboxylic acids is 1. The third-order valence-electron chi connectivity index (χ3n) is 5.41. The van der Waals surface area contributed by atoms with E-state index in [-0.39, 0.29) is 11.7 Å². The summed E-state index contributed by atoms with van der Waals surface area (Å²) >= 11 is 0. The number of methoxy groups -OCH3 is 1. The highest BCUT2D eigenvalue weighted by Gasteiger charge is 2.34. The molecule has 0 bridgehead atoms. The van der Waals surface area contributed by atoms with Crippen molar-refractivity contribution in [3.8, 4) is 11.4 Å². The van der Waals surface area contributed by atoms with Crippen molar-refractivity contribution in [1.29, 1.82) is 0 Å². The van der Waals surface area contributed by atoms with E-state index in [2.05, 4.69) is 5.32 Å². The van der Waals surface area contributed by atoms with Gasteiger partial charge < -0.3 is 14.5 Å². The first-order chi connectivity index (χ1) is 14.7. The summed E-state index contributed by atoms with van der Waals surface area (Å²) in [5, 5.41) is 8.11. The Bertz CT molecular complexity index is 1180. The van der Waals surface area contributed by atoms with Gasteiger partial charge in [0.05, 0.1) is 30.3 Å². The Labute approximate surface area is 174 Å². The van der Waals surface area contributed by atoms with Gasteiger partial charge in [0.25, 0.3) is 0 Å². The average Bonchev–Trinajstić information content (AvgIpc) is 3.43. The highest BCUT2D eigenvalue weighted by molar-refractivity contribution is 6.03. The summed E-state index contributed by atoms with van der Waals surface area (Å²) in [7, 11) is 1.63. The molecule has 6 nitrogen and oxygen atoms in total. The van der Waals surface area contributed by atoms with Gasteiger partial charge in [-0.1, -0.05) is 24.3 Å². The summed E-state index contributed by atoms with van der Waals surface area (Å²) in [5.74, 6) is 2.19. The fourth-order valence-corrected chi connectivity index (χ4v) is 4.00. The van der Waals surface area contributed by atoms with Gasteiger partial charge in [0.1, 0.15) is 11.5 Å². The van der Waals surface area contributed by atoms with E-state index in [1.54, 1.807) is 13.4 Å². The average molecular weight is 399 g/mol. The van der Waals surface area contributed by atoms with E-state index in [1.165, 1.54) is 0 Å². The highest BCUT2D eigenvalue weighted by Crippen LogP contribution is 2.38. The Morgan fingerprint density at radius 2 is 1.93 bits per heavy atom. The lowest BCUT2D eigenvalue weighted by atomic mass is 9.85. The Balaban J connectivity index is 1.60. The van der Waals surface area contributed by atoms with Crippen LogP contribution in [0, 0.1) is 0 Å². The highest BCUT2D eigenvalue weighted by atomic mass is 16.5. The number of furan rings is 1. The number of rotatable bonds is 5. The predicted molar refractivity (Wildman–Crippen MR) is 114 cm³/mol. The molecule has 2 aromatic heterocycles. The SMILES string of the molecule is COc1cccc(Nc2nn(-c3ccccc3)c3c2C(=O)CC(c2ccco2)C3)c1. The van der Waals surface area contributed by atoms with Gasteiger partial charge in [-0.3, -0.25) is 4.79 Å². The van der Waals surface area contributed by atoms with Gasteiger partial charge in [0, 0.05) is 30.5 Å². The monoisotopic (exact) mass is 399 g/mol. The molecule has 1 N–H and O–H groups in total. The zero-order chi connectivity index (χ0) is 20.5. The van der Waals surface area contributed by atoms with Crippen molar-refractivity contribution in [2.75, 3.05) is 12.4 Å². The van der Waals surface area contributed by atoms with Gasteiger partial charge in [0.15, 0.2) is 11.6 Å². The van der Waals surface area contributed by atoms with Crippen LogP contribution in [0.1, 0.15) is 34.2 Å². The van der Waals surface area contributed by atoms with Crippen molar-refractivity contribution >= 4 is 17.3 Å². The van der Waals surface area contributed by atoms with Crippen LogP contribution in [0.3, 0.4) is 0 Å². The van der Waals surface area contributed by atoms with E-state index in [0.717, 1.165) is 28.6 Å². The molecule has 2 aromatic carbocycles. The second kappa shape index (κ2) is 7.55. The van der Waals surface area contributed by atoms with E-state index in [0.29, 0.717) is 24.2 Å². The Morgan fingerprint density at radius 1 is 1.07 bits per heavy atom. The van der Waals surface area contributed by atoms with Crippen LogP contribution in [0.15, 0.2) is 77.4 Å². The van der Waals surface area contributed by atoms with Gasteiger partial charge in [-0.25, -0.2) is 4.68 Å². The van der Waals surface area contributed by atoms with Crippen LogP contribution < -0.4 is 10.1 Å². The topological polar surface area (TPSA) is 69.3 Å². The molecule has 0 saturated heterocycles. The smallest absolute Gasteiger partial charge is 0.169 e. The molecule has 4 aromatic rings. The number of benzene rings is 2. The number of Topliss-reactive ketones (excluding diaryl/α,β-unsaturated/α-hetero) is 1. The summed E-state index contributed by atoms with van der Waals surface area (Å²) < 4.78 is 12.8. The zero-order valence-electron chi connectivity index (χ0n) is 16.5. The Morgan fingerprint density at radius 3 is 2.70 bits per heavy atom. The molecule has 0 fully saturated rings. The van der Waals surface area contributed by atoms with Crippen LogP contribution in [-0.4, -0.2) is 22.7 Å². The van der Waals surface area contributed by atoms with Crippen LogP contribution in [0.25, 0.3) is 5.69 Å². The number of nitrogens with zero attached hydrogens (tertiary/aromatic N) is 2. The lowest BCUT2D eigenvalue weighted by Gasteiger charge is -2.21. The maximum atomic E-state index is 13.2. The third kappa shape index (κ3) is 3.26. The largest absolute Gasteiger partial charge is 0.497 e. The molecule has 2 heterocycles. The zero-order valence-corrected chi connectivity index (χ0v) is 16.5. The fourth-order valence-electron chi connectivity index (χ4n) is 4.00. The minimum Gasteiger partial charge on any atom is -0.497 e. The van der Waals surface area contributed by atoms with Crippen molar-refractivity contribution in [2.45, 2.75) is 18.8 Å². The summed E-state index contributed by atoms with van der Waals surface area (Å²) in [4.78, 5) is 13.2.